The van der Waals surface area contributed by atoms with Gasteiger partial charge in [-0.3, -0.25) is 20.2 Å². The molecule has 41 heavy (non-hydrogen) atoms. The Balaban J connectivity index is 1.55. The second-order valence-electron chi connectivity index (χ2n) is 11.1. The lowest BCUT2D eigenvalue weighted by atomic mass is 9.94. The largest absolute Gasteiger partial charge is 0.468 e. The van der Waals surface area contributed by atoms with Crippen molar-refractivity contribution in [2.24, 2.45) is 5.92 Å². The molecule has 2 aromatic carbocycles. The lowest BCUT2D eigenvalue weighted by Gasteiger charge is -2.30. The van der Waals surface area contributed by atoms with Crippen LogP contribution in [0.1, 0.15) is 74.6 Å². The highest BCUT2D eigenvalue weighted by Gasteiger charge is 2.30. The molecule has 1 saturated carbocycles. The Morgan fingerprint density at radius 1 is 0.951 bits per heavy atom. The van der Waals surface area contributed by atoms with Crippen LogP contribution >= 0.6 is 0 Å². The molecule has 0 radical (unpaired) electrons. The molecule has 8 nitrogen and oxygen atoms in total. The van der Waals surface area contributed by atoms with Gasteiger partial charge in [-0.05, 0) is 36.0 Å². The minimum absolute atomic E-state index is 0.0138. The van der Waals surface area contributed by atoms with E-state index >= 15 is 0 Å². The summed E-state index contributed by atoms with van der Waals surface area (Å²) in [5.41, 5.74) is 2.75. The first-order valence-corrected chi connectivity index (χ1v) is 14.7. The van der Waals surface area contributed by atoms with Crippen LogP contribution in [0.4, 0.5) is 0 Å². The fraction of sp³-hybridized carbons (Fsp3) is 0.455. The van der Waals surface area contributed by atoms with Crippen LogP contribution in [-0.2, 0) is 27.3 Å². The van der Waals surface area contributed by atoms with Gasteiger partial charge in [0.1, 0.15) is 11.9 Å². The zero-order valence-corrected chi connectivity index (χ0v) is 24.4. The molecule has 0 saturated heterocycles. The summed E-state index contributed by atoms with van der Waals surface area (Å²) >= 11 is 0. The van der Waals surface area contributed by atoms with Gasteiger partial charge in [-0.1, -0.05) is 93.8 Å². The number of hydrogen-bond donors (Lipinski definition) is 3. The number of carbonyl (C=O) groups is 2. The van der Waals surface area contributed by atoms with Crippen LogP contribution in [0.2, 0.25) is 0 Å². The third-order valence-corrected chi connectivity index (χ3v) is 7.66. The van der Waals surface area contributed by atoms with E-state index in [-0.39, 0.29) is 23.8 Å². The van der Waals surface area contributed by atoms with Gasteiger partial charge in [0.15, 0.2) is 0 Å². The van der Waals surface area contributed by atoms with E-state index in [9.17, 15) is 9.59 Å². The van der Waals surface area contributed by atoms with E-state index in [1.165, 1.54) is 13.5 Å². The number of aromatic nitrogens is 2. The topological polar surface area (TPSA) is 105 Å². The van der Waals surface area contributed by atoms with Gasteiger partial charge in [-0.25, -0.2) is 9.97 Å². The average molecular weight is 558 g/mol. The van der Waals surface area contributed by atoms with Crippen LogP contribution in [0.3, 0.4) is 0 Å². The lowest BCUT2D eigenvalue weighted by Crippen LogP contribution is -2.52. The minimum Gasteiger partial charge on any atom is -0.468 e. The molecule has 218 valence electrons. The molecule has 3 N–H and O–H groups in total. The fourth-order valence-electron chi connectivity index (χ4n) is 5.35. The van der Waals surface area contributed by atoms with E-state index in [1.807, 2.05) is 66.7 Å². The Morgan fingerprint density at radius 3 is 2.29 bits per heavy atom. The van der Waals surface area contributed by atoms with Gasteiger partial charge in [0.2, 0.25) is 5.91 Å². The summed E-state index contributed by atoms with van der Waals surface area (Å²) in [5.74, 6) is 0.272. The monoisotopic (exact) mass is 557 g/mol. The fourth-order valence-corrected chi connectivity index (χ4v) is 5.35. The van der Waals surface area contributed by atoms with Crippen molar-refractivity contribution in [1.82, 2.24) is 25.9 Å². The molecule has 1 amide bonds. The van der Waals surface area contributed by atoms with Crippen molar-refractivity contribution < 1.29 is 14.3 Å². The first-order valence-electron chi connectivity index (χ1n) is 14.7. The van der Waals surface area contributed by atoms with E-state index in [2.05, 4.69) is 34.8 Å². The van der Waals surface area contributed by atoms with Crippen LogP contribution in [0.15, 0.2) is 72.9 Å². The highest BCUT2D eigenvalue weighted by Crippen LogP contribution is 2.23. The Morgan fingerprint density at radius 2 is 1.63 bits per heavy atom. The van der Waals surface area contributed by atoms with E-state index in [4.69, 9.17) is 9.72 Å². The number of benzene rings is 2. The normalized spacial score (nSPS) is 16.1. The summed E-state index contributed by atoms with van der Waals surface area (Å²) in [7, 11) is 1.39. The minimum atomic E-state index is -0.573. The standard InChI is InChI=1S/C33H43N5O3/c1-23(2)29(32(39)37-26-17-11-6-12-18-26)38-30(25-15-9-5-10-16-25)31-34-20-19-27(36-31)21-28(33(40)41-3)35-22-24-13-7-4-8-14-24/h4-5,7-10,13-16,19-20,23,26,28-30,35,38H,6,11-12,17-18,21-22H2,1-3H3,(H,37,39)/t28-,29-,30-/m0/s1. The van der Waals surface area contributed by atoms with E-state index in [0.717, 1.165) is 36.8 Å². The predicted octanol–water partition coefficient (Wildman–Crippen LogP) is 4.50. The number of nitrogens with one attached hydrogen (secondary N) is 3. The van der Waals surface area contributed by atoms with Crippen molar-refractivity contribution in [1.29, 1.82) is 0 Å². The predicted molar refractivity (Wildman–Crippen MR) is 160 cm³/mol. The molecule has 1 heterocycles. The molecule has 0 bridgehead atoms. The highest BCUT2D eigenvalue weighted by atomic mass is 16.5. The molecular weight excluding hydrogens is 514 g/mol. The lowest BCUT2D eigenvalue weighted by molar-refractivity contribution is -0.143. The number of amides is 1. The quantitative estimate of drug-likeness (QED) is 0.266. The second-order valence-corrected chi connectivity index (χ2v) is 11.1. The number of hydrogen-bond acceptors (Lipinski definition) is 7. The molecule has 0 aliphatic heterocycles. The second kappa shape index (κ2) is 15.4. The number of rotatable bonds is 13. The summed E-state index contributed by atoms with van der Waals surface area (Å²) in [6.45, 7) is 4.63. The molecule has 3 atom stereocenters. The van der Waals surface area contributed by atoms with Gasteiger partial charge < -0.3 is 10.1 Å². The number of ether oxygens (including phenoxy) is 1. The van der Waals surface area contributed by atoms with Crippen molar-refractivity contribution >= 4 is 11.9 Å². The van der Waals surface area contributed by atoms with Gasteiger partial charge in [-0.15, -0.1) is 0 Å². The molecule has 1 aromatic heterocycles. The van der Waals surface area contributed by atoms with Crippen LogP contribution in [0.5, 0.6) is 0 Å². The summed E-state index contributed by atoms with van der Waals surface area (Å²) in [4.78, 5) is 35.7. The Labute approximate surface area is 243 Å². The van der Waals surface area contributed by atoms with Crippen LogP contribution in [-0.4, -0.2) is 47.1 Å². The van der Waals surface area contributed by atoms with E-state index < -0.39 is 18.1 Å². The molecule has 1 aliphatic carbocycles. The zero-order chi connectivity index (χ0) is 29.0. The number of carbonyl (C=O) groups excluding carboxylic acids is 2. The van der Waals surface area contributed by atoms with Gasteiger partial charge in [0.25, 0.3) is 0 Å². The molecule has 0 spiro atoms. The Bertz CT molecular complexity index is 1230. The van der Waals surface area contributed by atoms with Crippen molar-refractivity contribution in [2.75, 3.05) is 7.11 Å². The Kier molecular flexibility index (Phi) is 11.4. The smallest absolute Gasteiger partial charge is 0.323 e. The third-order valence-electron chi connectivity index (χ3n) is 7.66. The maximum atomic E-state index is 13.5. The molecule has 4 rings (SSSR count). The molecule has 0 unspecified atom stereocenters. The van der Waals surface area contributed by atoms with Crippen molar-refractivity contribution in [2.45, 2.75) is 83.1 Å². The first-order chi connectivity index (χ1) is 19.9. The average Bonchev–Trinajstić information content (AvgIpc) is 3.00. The zero-order valence-electron chi connectivity index (χ0n) is 24.4. The van der Waals surface area contributed by atoms with Gasteiger partial charge in [0.05, 0.1) is 19.2 Å². The molecule has 1 aliphatic rings. The Hall–Kier alpha value is -3.62. The number of esters is 1. The van der Waals surface area contributed by atoms with Gasteiger partial charge >= 0.3 is 5.97 Å². The van der Waals surface area contributed by atoms with Crippen molar-refractivity contribution in [3.05, 3.63) is 95.6 Å². The van der Waals surface area contributed by atoms with Gasteiger partial charge in [0, 0.05) is 30.9 Å². The van der Waals surface area contributed by atoms with E-state index in [1.54, 1.807) is 6.20 Å². The van der Waals surface area contributed by atoms with Crippen LogP contribution in [0, 0.1) is 5.92 Å². The summed E-state index contributed by atoms with van der Waals surface area (Å²) < 4.78 is 5.09. The summed E-state index contributed by atoms with van der Waals surface area (Å²) in [6.07, 6.45) is 7.67. The van der Waals surface area contributed by atoms with Crippen LogP contribution < -0.4 is 16.0 Å². The molecule has 8 heteroatoms. The highest BCUT2D eigenvalue weighted by molar-refractivity contribution is 5.82. The molecule has 3 aromatic rings. The van der Waals surface area contributed by atoms with E-state index in [0.29, 0.717) is 24.5 Å². The van der Waals surface area contributed by atoms with Gasteiger partial charge in [-0.2, -0.15) is 0 Å². The van der Waals surface area contributed by atoms with Crippen LogP contribution in [0.25, 0.3) is 0 Å². The first kappa shape index (κ1) is 30.3. The van der Waals surface area contributed by atoms with Crippen molar-refractivity contribution in [3.8, 4) is 0 Å². The van der Waals surface area contributed by atoms with Crippen molar-refractivity contribution in [3.63, 3.8) is 0 Å². The molecule has 1 fully saturated rings. The molecular formula is C33H43N5O3. The maximum absolute atomic E-state index is 13.5. The summed E-state index contributed by atoms with van der Waals surface area (Å²) in [6, 6.07) is 20.5. The maximum Gasteiger partial charge on any atom is 0.323 e. The summed E-state index contributed by atoms with van der Waals surface area (Å²) in [5, 5.41) is 10.2. The number of nitrogens with zero attached hydrogens (tertiary/aromatic N) is 2. The third kappa shape index (κ3) is 8.93. The SMILES string of the molecule is COC(=O)[C@H](Cc1ccnc([C@@H](N[C@H](C(=O)NC2CCCCC2)C(C)C)c2ccccc2)n1)NCc1ccccc1. The number of methoxy groups -OCH3 is 1.